The summed E-state index contributed by atoms with van der Waals surface area (Å²) in [5.41, 5.74) is 1.26. The van der Waals surface area contributed by atoms with Crippen molar-refractivity contribution in [1.82, 2.24) is 5.32 Å². The first-order chi connectivity index (χ1) is 7.81. The molecule has 1 aromatic carbocycles. The van der Waals surface area contributed by atoms with Crippen molar-refractivity contribution in [2.24, 2.45) is 0 Å². The zero-order valence-corrected chi connectivity index (χ0v) is 10.00. The molecular weight excluding hydrogens is 222 g/mol. The number of ether oxygens (including phenoxy) is 1. The highest BCUT2D eigenvalue weighted by Gasteiger charge is 2.28. The Morgan fingerprint density at radius 2 is 2.12 bits per heavy atom. The Morgan fingerprint density at radius 3 is 2.81 bits per heavy atom. The normalized spacial score (nSPS) is 25.1. The fraction of sp³-hybridized carbons (Fsp3) is 0.417. The van der Waals surface area contributed by atoms with Crippen LogP contribution in [0.25, 0.3) is 0 Å². The first kappa shape index (κ1) is 11.5. The number of carbonyl (C=O) groups is 1. The van der Waals surface area contributed by atoms with Gasteiger partial charge in [-0.3, -0.25) is 4.79 Å². The molecule has 1 unspecified atom stereocenters. The molecule has 0 radical (unpaired) electrons. The average Bonchev–Trinajstić information content (AvgIpc) is 2.39. The second-order valence-corrected chi connectivity index (χ2v) is 5.12. The van der Waals surface area contributed by atoms with Crippen molar-refractivity contribution >= 4 is 17.7 Å². The number of nitrogens with one attached hydrogen (secondary N) is 1. The van der Waals surface area contributed by atoms with Gasteiger partial charge in [0.15, 0.2) is 0 Å². The Kier molecular flexibility index (Phi) is 3.85. The van der Waals surface area contributed by atoms with Crippen LogP contribution in [-0.4, -0.2) is 31.4 Å². The maximum atomic E-state index is 11.5. The molecule has 2 atom stereocenters. The summed E-state index contributed by atoms with van der Waals surface area (Å²) in [7, 11) is 1.44. The lowest BCUT2D eigenvalue weighted by Crippen LogP contribution is -2.39. The van der Waals surface area contributed by atoms with E-state index < -0.39 is 0 Å². The number of hydrogen-bond donors (Lipinski definition) is 1. The van der Waals surface area contributed by atoms with Crippen molar-refractivity contribution < 1.29 is 9.53 Å². The molecule has 1 heterocycles. The number of carbonyl (C=O) groups excluding carboxylic acids is 1. The van der Waals surface area contributed by atoms with Crippen LogP contribution in [0.3, 0.4) is 0 Å². The van der Waals surface area contributed by atoms with Gasteiger partial charge in [-0.2, -0.15) is 0 Å². The third-order valence-electron chi connectivity index (χ3n) is 2.62. The Hall–Kier alpha value is -1.00. The number of benzene rings is 1. The van der Waals surface area contributed by atoms with Crippen molar-refractivity contribution in [2.75, 3.05) is 20.2 Å². The summed E-state index contributed by atoms with van der Waals surface area (Å²) < 4.78 is 4.77. The molecule has 1 aliphatic rings. The van der Waals surface area contributed by atoms with E-state index in [1.165, 1.54) is 12.7 Å². The molecule has 4 heteroatoms. The molecule has 1 fully saturated rings. The summed E-state index contributed by atoms with van der Waals surface area (Å²) in [4.78, 5) is 11.5. The van der Waals surface area contributed by atoms with E-state index in [2.05, 4.69) is 17.4 Å². The van der Waals surface area contributed by atoms with E-state index >= 15 is 0 Å². The summed E-state index contributed by atoms with van der Waals surface area (Å²) in [6.45, 7) is 1.60. The van der Waals surface area contributed by atoms with Gasteiger partial charge >= 0.3 is 5.97 Å². The number of thioether (sulfide) groups is 1. The molecule has 0 bridgehead atoms. The molecule has 1 aliphatic heterocycles. The van der Waals surface area contributed by atoms with Crippen LogP contribution >= 0.6 is 11.8 Å². The smallest absolute Gasteiger partial charge is 0.320 e. The maximum absolute atomic E-state index is 11.5. The molecule has 2 rings (SSSR count). The Bertz CT molecular complexity index is 355. The second-order valence-electron chi connectivity index (χ2n) is 3.71. The Labute approximate surface area is 99.6 Å². The number of methoxy groups -OCH3 is 1. The van der Waals surface area contributed by atoms with Gasteiger partial charge in [-0.15, -0.1) is 11.8 Å². The quantitative estimate of drug-likeness (QED) is 0.793. The van der Waals surface area contributed by atoms with Crippen molar-refractivity contribution in [3.8, 4) is 0 Å². The van der Waals surface area contributed by atoms with Gasteiger partial charge < -0.3 is 10.1 Å². The topological polar surface area (TPSA) is 38.3 Å². The zero-order chi connectivity index (χ0) is 11.4. The highest BCUT2D eigenvalue weighted by molar-refractivity contribution is 8.00. The van der Waals surface area contributed by atoms with Gasteiger partial charge in [-0.25, -0.2) is 0 Å². The minimum atomic E-state index is -0.141. The van der Waals surface area contributed by atoms with Gasteiger partial charge in [-0.1, -0.05) is 30.3 Å². The summed E-state index contributed by atoms with van der Waals surface area (Å²) in [6, 6.07) is 10.2. The summed E-state index contributed by atoms with van der Waals surface area (Å²) in [6.07, 6.45) is 0. The summed E-state index contributed by atoms with van der Waals surface area (Å²) in [5.74, 6) is -0.141. The highest BCUT2D eigenvalue weighted by atomic mass is 32.2. The lowest BCUT2D eigenvalue weighted by atomic mass is 10.1. The SMILES string of the molecule is COC(=O)C1CNC[C@H](c2ccccc2)S1. The van der Waals surface area contributed by atoms with Crippen LogP contribution in [0.5, 0.6) is 0 Å². The van der Waals surface area contributed by atoms with E-state index in [0.29, 0.717) is 11.8 Å². The van der Waals surface area contributed by atoms with Gasteiger partial charge in [0.05, 0.1) is 7.11 Å². The molecule has 0 aromatic heterocycles. The summed E-state index contributed by atoms with van der Waals surface area (Å²) in [5, 5.41) is 3.52. The van der Waals surface area contributed by atoms with Crippen molar-refractivity contribution in [3.63, 3.8) is 0 Å². The molecule has 1 aromatic rings. The van der Waals surface area contributed by atoms with Gasteiger partial charge in [-0.05, 0) is 5.56 Å². The fourth-order valence-corrected chi connectivity index (χ4v) is 3.12. The minimum Gasteiger partial charge on any atom is -0.468 e. The van der Waals surface area contributed by atoms with Crippen LogP contribution < -0.4 is 5.32 Å². The van der Waals surface area contributed by atoms with Crippen LogP contribution in [0.1, 0.15) is 10.8 Å². The van der Waals surface area contributed by atoms with E-state index in [4.69, 9.17) is 4.74 Å². The van der Waals surface area contributed by atoms with Crippen LogP contribution in [0.4, 0.5) is 0 Å². The molecule has 0 amide bonds. The number of esters is 1. The van der Waals surface area contributed by atoms with E-state index in [9.17, 15) is 4.79 Å². The van der Waals surface area contributed by atoms with Crippen LogP contribution in [-0.2, 0) is 9.53 Å². The first-order valence-corrected chi connectivity index (χ1v) is 6.24. The fourth-order valence-electron chi connectivity index (χ4n) is 1.77. The lowest BCUT2D eigenvalue weighted by molar-refractivity contribution is -0.139. The second kappa shape index (κ2) is 5.37. The van der Waals surface area contributed by atoms with Crippen LogP contribution in [0.2, 0.25) is 0 Å². The van der Waals surface area contributed by atoms with Gasteiger partial charge in [0, 0.05) is 18.3 Å². The summed E-state index contributed by atoms with van der Waals surface area (Å²) >= 11 is 1.68. The van der Waals surface area contributed by atoms with Crippen LogP contribution in [0, 0.1) is 0 Å². The van der Waals surface area contributed by atoms with Crippen molar-refractivity contribution in [3.05, 3.63) is 35.9 Å². The number of hydrogen-bond acceptors (Lipinski definition) is 4. The molecule has 1 saturated heterocycles. The first-order valence-electron chi connectivity index (χ1n) is 5.30. The maximum Gasteiger partial charge on any atom is 0.320 e. The molecule has 0 spiro atoms. The predicted octanol–water partition coefficient (Wildman–Crippen LogP) is 1.61. The van der Waals surface area contributed by atoms with Crippen molar-refractivity contribution in [2.45, 2.75) is 10.5 Å². The standard InChI is InChI=1S/C12H15NO2S/c1-15-12(14)11-8-13-7-10(16-11)9-5-3-2-4-6-9/h2-6,10-11,13H,7-8H2,1H3/t10-,11?/m1/s1. The minimum absolute atomic E-state index is 0.0936. The molecule has 16 heavy (non-hydrogen) atoms. The molecule has 0 saturated carbocycles. The van der Waals surface area contributed by atoms with E-state index in [1.54, 1.807) is 11.8 Å². The Morgan fingerprint density at radius 1 is 1.38 bits per heavy atom. The van der Waals surface area contributed by atoms with Gasteiger partial charge in [0.1, 0.15) is 5.25 Å². The number of rotatable bonds is 2. The molecule has 3 nitrogen and oxygen atoms in total. The third-order valence-corrected chi connectivity index (χ3v) is 4.08. The van der Waals surface area contributed by atoms with E-state index in [1.807, 2.05) is 18.2 Å². The molecule has 86 valence electrons. The highest BCUT2D eigenvalue weighted by Crippen LogP contribution is 2.34. The van der Waals surface area contributed by atoms with E-state index in [-0.39, 0.29) is 11.2 Å². The van der Waals surface area contributed by atoms with Crippen molar-refractivity contribution in [1.29, 1.82) is 0 Å². The van der Waals surface area contributed by atoms with Crippen LogP contribution in [0.15, 0.2) is 30.3 Å². The van der Waals surface area contributed by atoms with Gasteiger partial charge in [0.2, 0.25) is 0 Å². The largest absolute Gasteiger partial charge is 0.468 e. The lowest BCUT2D eigenvalue weighted by Gasteiger charge is -2.28. The third kappa shape index (κ3) is 2.57. The Balaban J connectivity index is 2.05. The van der Waals surface area contributed by atoms with Gasteiger partial charge in [0.25, 0.3) is 0 Å². The molecule has 0 aliphatic carbocycles. The zero-order valence-electron chi connectivity index (χ0n) is 9.18. The average molecular weight is 237 g/mol. The predicted molar refractivity (Wildman–Crippen MR) is 65.4 cm³/mol. The monoisotopic (exact) mass is 237 g/mol. The molecule has 1 N–H and O–H groups in total. The molecular formula is C12H15NO2S. The van der Waals surface area contributed by atoms with E-state index in [0.717, 1.165) is 6.54 Å².